The molecule has 1 saturated heterocycles. The number of nitrogens with two attached hydrogens (primary N) is 1. The first kappa shape index (κ1) is 12.4. The number of hydrogen-bond acceptors (Lipinski definition) is 2. The maximum atomic E-state index is 6.51. The molecule has 0 aromatic rings. The van der Waals surface area contributed by atoms with Gasteiger partial charge in [-0.15, -0.1) is 0 Å². The fraction of sp³-hybridized carbons (Fsp3) is 1.00. The molecule has 0 spiro atoms. The van der Waals surface area contributed by atoms with Crippen molar-refractivity contribution in [1.82, 2.24) is 4.90 Å². The molecule has 2 nitrogen and oxygen atoms in total. The van der Waals surface area contributed by atoms with E-state index in [1.54, 1.807) is 0 Å². The van der Waals surface area contributed by atoms with Crippen LogP contribution in [0.1, 0.15) is 57.8 Å². The number of piperidine rings is 1. The Morgan fingerprint density at radius 1 is 1.12 bits per heavy atom. The first-order valence-corrected chi connectivity index (χ1v) is 7.15. The predicted octanol–water partition coefficient (Wildman–Crippen LogP) is 2.77. The van der Waals surface area contributed by atoms with Crippen molar-refractivity contribution in [2.45, 2.75) is 63.3 Å². The molecule has 2 heteroatoms. The normalized spacial score (nSPS) is 28.1. The molecule has 0 amide bonds. The Hall–Kier alpha value is -0.0800. The average molecular weight is 224 g/mol. The molecule has 0 atom stereocenters. The summed E-state index contributed by atoms with van der Waals surface area (Å²) >= 11 is 0. The largest absolute Gasteiger partial charge is 0.325 e. The third-order valence-electron chi connectivity index (χ3n) is 4.76. The second-order valence-corrected chi connectivity index (χ2v) is 6.21. The van der Waals surface area contributed by atoms with Crippen molar-refractivity contribution >= 4 is 0 Å². The quantitative estimate of drug-likeness (QED) is 0.798. The SMILES string of the molecule is CN1CCC(N)(CCC2CCCCC2)CC1. The van der Waals surface area contributed by atoms with E-state index in [2.05, 4.69) is 11.9 Å². The van der Waals surface area contributed by atoms with Crippen molar-refractivity contribution in [3.8, 4) is 0 Å². The minimum absolute atomic E-state index is 0.171. The van der Waals surface area contributed by atoms with Crippen LogP contribution in [0, 0.1) is 5.92 Å². The zero-order valence-corrected chi connectivity index (χ0v) is 10.9. The van der Waals surface area contributed by atoms with Crippen molar-refractivity contribution < 1.29 is 0 Å². The number of hydrogen-bond donors (Lipinski definition) is 1. The van der Waals surface area contributed by atoms with E-state index in [0.29, 0.717) is 0 Å². The van der Waals surface area contributed by atoms with Crippen LogP contribution in [0.2, 0.25) is 0 Å². The Balaban J connectivity index is 1.71. The highest BCUT2D eigenvalue weighted by molar-refractivity contribution is 4.90. The molecule has 0 aromatic heterocycles. The van der Waals surface area contributed by atoms with Gasteiger partial charge >= 0.3 is 0 Å². The molecule has 2 N–H and O–H groups in total. The van der Waals surface area contributed by atoms with Crippen LogP contribution < -0.4 is 5.73 Å². The second-order valence-electron chi connectivity index (χ2n) is 6.21. The fourth-order valence-corrected chi connectivity index (χ4v) is 3.28. The molecule has 0 radical (unpaired) electrons. The summed E-state index contributed by atoms with van der Waals surface area (Å²) in [5.74, 6) is 0.994. The summed E-state index contributed by atoms with van der Waals surface area (Å²) in [5.41, 5.74) is 6.68. The van der Waals surface area contributed by atoms with E-state index in [0.717, 1.165) is 5.92 Å². The van der Waals surface area contributed by atoms with Gasteiger partial charge in [-0.3, -0.25) is 0 Å². The van der Waals surface area contributed by atoms with E-state index in [9.17, 15) is 0 Å². The molecule has 0 bridgehead atoms. The first-order valence-electron chi connectivity index (χ1n) is 7.15. The monoisotopic (exact) mass is 224 g/mol. The van der Waals surface area contributed by atoms with Crippen molar-refractivity contribution in [3.63, 3.8) is 0 Å². The van der Waals surface area contributed by atoms with Crippen LogP contribution >= 0.6 is 0 Å². The van der Waals surface area contributed by atoms with Gasteiger partial charge in [-0.25, -0.2) is 0 Å². The van der Waals surface area contributed by atoms with E-state index in [-0.39, 0.29) is 5.54 Å². The lowest BCUT2D eigenvalue weighted by Crippen LogP contribution is -2.49. The molecule has 1 aliphatic heterocycles. The Morgan fingerprint density at radius 3 is 2.38 bits per heavy atom. The Bertz CT molecular complexity index is 201. The summed E-state index contributed by atoms with van der Waals surface area (Å²) in [5, 5.41) is 0. The standard InChI is InChI=1S/C14H28N2/c1-16-11-9-14(15,10-12-16)8-7-13-5-3-2-4-6-13/h13H,2-12,15H2,1H3. The zero-order valence-electron chi connectivity index (χ0n) is 10.9. The third kappa shape index (κ3) is 3.46. The van der Waals surface area contributed by atoms with Crippen molar-refractivity contribution in [2.75, 3.05) is 20.1 Å². The highest BCUT2D eigenvalue weighted by atomic mass is 15.1. The lowest BCUT2D eigenvalue weighted by Gasteiger charge is -2.38. The highest BCUT2D eigenvalue weighted by Gasteiger charge is 2.30. The van der Waals surface area contributed by atoms with Crippen LogP contribution in [-0.4, -0.2) is 30.6 Å². The van der Waals surface area contributed by atoms with E-state index in [1.807, 2.05) is 0 Å². The van der Waals surface area contributed by atoms with Crippen LogP contribution in [0.3, 0.4) is 0 Å². The van der Waals surface area contributed by atoms with Gasteiger partial charge in [0.2, 0.25) is 0 Å². The Morgan fingerprint density at radius 2 is 1.75 bits per heavy atom. The average Bonchev–Trinajstić information content (AvgIpc) is 2.33. The van der Waals surface area contributed by atoms with Gasteiger partial charge in [0, 0.05) is 5.54 Å². The van der Waals surface area contributed by atoms with Gasteiger partial charge in [0.15, 0.2) is 0 Å². The molecule has 2 aliphatic rings. The van der Waals surface area contributed by atoms with Crippen LogP contribution in [0.15, 0.2) is 0 Å². The molecule has 2 rings (SSSR count). The van der Waals surface area contributed by atoms with Crippen LogP contribution in [0.5, 0.6) is 0 Å². The molecular weight excluding hydrogens is 196 g/mol. The maximum absolute atomic E-state index is 6.51. The van der Waals surface area contributed by atoms with Gasteiger partial charge in [-0.1, -0.05) is 32.1 Å². The van der Waals surface area contributed by atoms with Crippen molar-refractivity contribution in [2.24, 2.45) is 11.7 Å². The van der Waals surface area contributed by atoms with Crippen LogP contribution in [0.25, 0.3) is 0 Å². The molecular formula is C14H28N2. The molecule has 1 aliphatic carbocycles. The molecule has 1 saturated carbocycles. The molecule has 0 unspecified atom stereocenters. The van der Waals surface area contributed by atoms with Gasteiger partial charge in [0.05, 0.1) is 0 Å². The van der Waals surface area contributed by atoms with Crippen molar-refractivity contribution in [3.05, 3.63) is 0 Å². The Kier molecular flexibility index (Phi) is 4.26. The molecule has 0 aromatic carbocycles. The van der Waals surface area contributed by atoms with Gasteiger partial charge in [-0.05, 0) is 51.7 Å². The summed E-state index contributed by atoms with van der Waals surface area (Å²) in [7, 11) is 2.21. The van der Waals surface area contributed by atoms with E-state index in [4.69, 9.17) is 5.73 Å². The second kappa shape index (κ2) is 5.50. The van der Waals surface area contributed by atoms with Gasteiger partial charge < -0.3 is 10.6 Å². The lowest BCUT2D eigenvalue weighted by atomic mass is 9.79. The summed E-state index contributed by atoms with van der Waals surface area (Å²) in [6, 6.07) is 0. The van der Waals surface area contributed by atoms with Gasteiger partial charge in [-0.2, -0.15) is 0 Å². The maximum Gasteiger partial charge on any atom is 0.0178 e. The number of likely N-dealkylation sites (tertiary alicyclic amines) is 1. The number of rotatable bonds is 3. The van der Waals surface area contributed by atoms with E-state index in [1.165, 1.54) is 70.9 Å². The zero-order chi connectivity index (χ0) is 11.4. The van der Waals surface area contributed by atoms with Crippen LogP contribution in [-0.2, 0) is 0 Å². The summed E-state index contributed by atoms with van der Waals surface area (Å²) in [6.07, 6.45) is 12.4. The topological polar surface area (TPSA) is 29.3 Å². The smallest absolute Gasteiger partial charge is 0.0178 e. The third-order valence-corrected chi connectivity index (χ3v) is 4.76. The minimum atomic E-state index is 0.171. The number of nitrogens with zero attached hydrogens (tertiary/aromatic N) is 1. The van der Waals surface area contributed by atoms with Crippen LogP contribution in [0.4, 0.5) is 0 Å². The van der Waals surface area contributed by atoms with E-state index >= 15 is 0 Å². The minimum Gasteiger partial charge on any atom is -0.325 e. The molecule has 1 heterocycles. The van der Waals surface area contributed by atoms with Gasteiger partial charge in [0.1, 0.15) is 0 Å². The highest BCUT2D eigenvalue weighted by Crippen LogP contribution is 2.31. The molecule has 2 fully saturated rings. The first-order chi connectivity index (χ1) is 7.68. The fourth-order valence-electron chi connectivity index (χ4n) is 3.28. The van der Waals surface area contributed by atoms with E-state index < -0.39 is 0 Å². The summed E-state index contributed by atoms with van der Waals surface area (Å²) in [4.78, 5) is 2.41. The Labute approximate surface area is 101 Å². The van der Waals surface area contributed by atoms with Gasteiger partial charge in [0.25, 0.3) is 0 Å². The van der Waals surface area contributed by atoms with Crippen molar-refractivity contribution in [1.29, 1.82) is 0 Å². The molecule has 94 valence electrons. The molecule has 16 heavy (non-hydrogen) atoms. The predicted molar refractivity (Wildman–Crippen MR) is 69.5 cm³/mol. The summed E-state index contributed by atoms with van der Waals surface area (Å²) in [6.45, 7) is 2.39. The summed E-state index contributed by atoms with van der Waals surface area (Å²) < 4.78 is 0. The lowest BCUT2D eigenvalue weighted by molar-refractivity contribution is 0.169.